The van der Waals surface area contributed by atoms with E-state index in [0.29, 0.717) is 23.4 Å². The first-order valence-electron chi connectivity index (χ1n) is 7.15. The van der Waals surface area contributed by atoms with E-state index in [1.807, 2.05) is 6.07 Å². The second kappa shape index (κ2) is 5.63. The van der Waals surface area contributed by atoms with Crippen molar-refractivity contribution in [1.29, 1.82) is 0 Å². The summed E-state index contributed by atoms with van der Waals surface area (Å²) in [5, 5.41) is 11.0. The highest BCUT2D eigenvalue weighted by atomic mass is 16.6. The first-order valence-corrected chi connectivity index (χ1v) is 7.15. The van der Waals surface area contributed by atoms with Crippen molar-refractivity contribution in [2.45, 2.75) is 32.4 Å². The number of furan rings is 1. The Balaban J connectivity index is 1.91. The van der Waals surface area contributed by atoms with Gasteiger partial charge in [0.05, 0.1) is 17.7 Å². The number of rotatable bonds is 5. The molecular formula is C16H16N2O4. The summed E-state index contributed by atoms with van der Waals surface area (Å²) >= 11 is 0. The molecule has 0 atom stereocenters. The first-order chi connectivity index (χ1) is 10.6. The van der Waals surface area contributed by atoms with Gasteiger partial charge in [-0.3, -0.25) is 14.9 Å². The zero-order chi connectivity index (χ0) is 15.7. The maximum absolute atomic E-state index is 12.8. The first kappa shape index (κ1) is 14.3. The zero-order valence-corrected chi connectivity index (χ0v) is 12.2. The topological polar surface area (TPSA) is 76.6 Å². The van der Waals surface area contributed by atoms with Crippen LogP contribution in [0.1, 0.15) is 34.5 Å². The fourth-order valence-electron chi connectivity index (χ4n) is 2.53. The van der Waals surface area contributed by atoms with Gasteiger partial charge >= 0.3 is 0 Å². The van der Waals surface area contributed by atoms with E-state index in [4.69, 9.17) is 4.42 Å². The van der Waals surface area contributed by atoms with Crippen molar-refractivity contribution in [3.8, 4) is 0 Å². The maximum atomic E-state index is 12.8. The predicted octanol–water partition coefficient (Wildman–Crippen LogP) is 3.30. The molecule has 0 unspecified atom stereocenters. The second-order valence-corrected chi connectivity index (χ2v) is 5.45. The summed E-state index contributed by atoms with van der Waals surface area (Å²) in [4.78, 5) is 25.1. The van der Waals surface area contributed by atoms with Crippen molar-refractivity contribution in [2.75, 3.05) is 0 Å². The van der Waals surface area contributed by atoms with Crippen molar-refractivity contribution in [2.24, 2.45) is 0 Å². The third kappa shape index (κ3) is 2.72. The Bertz CT molecular complexity index is 705. The molecule has 6 heteroatoms. The minimum Gasteiger partial charge on any atom is -0.467 e. The molecule has 1 aromatic carbocycles. The molecule has 1 aromatic heterocycles. The van der Waals surface area contributed by atoms with Crippen LogP contribution in [-0.2, 0) is 6.54 Å². The highest BCUT2D eigenvalue weighted by Gasteiger charge is 2.34. The van der Waals surface area contributed by atoms with E-state index in [1.54, 1.807) is 36.3 Å². The number of hydrogen-bond acceptors (Lipinski definition) is 4. The summed E-state index contributed by atoms with van der Waals surface area (Å²) in [5.74, 6) is 0.531. The summed E-state index contributed by atoms with van der Waals surface area (Å²) < 4.78 is 5.32. The summed E-state index contributed by atoms with van der Waals surface area (Å²) in [6, 6.07) is 8.40. The molecule has 2 aromatic rings. The molecule has 0 aliphatic heterocycles. The molecule has 1 saturated carbocycles. The Hall–Kier alpha value is -2.63. The van der Waals surface area contributed by atoms with Crippen molar-refractivity contribution in [3.05, 3.63) is 63.6 Å². The van der Waals surface area contributed by atoms with Gasteiger partial charge in [-0.05, 0) is 38.0 Å². The van der Waals surface area contributed by atoms with Crippen molar-refractivity contribution >= 4 is 11.6 Å². The van der Waals surface area contributed by atoms with Crippen LogP contribution >= 0.6 is 0 Å². The van der Waals surface area contributed by atoms with Gasteiger partial charge in [-0.2, -0.15) is 0 Å². The van der Waals surface area contributed by atoms with Crippen LogP contribution in [0.4, 0.5) is 5.69 Å². The summed E-state index contributed by atoms with van der Waals surface area (Å²) in [6.07, 6.45) is 3.49. The van der Waals surface area contributed by atoms with Crippen LogP contribution in [0.25, 0.3) is 0 Å². The summed E-state index contributed by atoms with van der Waals surface area (Å²) in [7, 11) is 0. The van der Waals surface area contributed by atoms with Crippen LogP contribution in [0.2, 0.25) is 0 Å². The highest BCUT2D eigenvalue weighted by molar-refractivity contribution is 5.97. The molecule has 6 nitrogen and oxygen atoms in total. The Morgan fingerprint density at radius 3 is 2.73 bits per heavy atom. The van der Waals surface area contributed by atoms with Crippen molar-refractivity contribution in [1.82, 2.24) is 4.90 Å². The Morgan fingerprint density at radius 1 is 1.36 bits per heavy atom. The minimum absolute atomic E-state index is 0.0282. The number of nitro groups is 1. The summed E-state index contributed by atoms with van der Waals surface area (Å²) in [6.45, 7) is 2.00. The smallest absolute Gasteiger partial charge is 0.273 e. The molecule has 0 N–H and O–H groups in total. The van der Waals surface area contributed by atoms with E-state index < -0.39 is 4.92 Å². The van der Waals surface area contributed by atoms with Gasteiger partial charge in [-0.15, -0.1) is 0 Å². The van der Waals surface area contributed by atoms with Gasteiger partial charge in [-0.25, -0.2) is 0 Å². The standard InChI is InChI=1S/C16H16N2O4/c1-11-14(5-2-6-15(11)18(20)21)16(19)17(12-7-8-12)10-13-4-3-9-22-13/h2-6,9,12H,7-8,10H2,1H3. The van der Waals surface area contributed by atoms with E-state index in [2.05, 4.69) is 0 Å². The van der Waals surface area contributed by atoms with Gasteiger partial charge in [0, 0.05) is 23.2 Å². The molecule has 0 saturated heterocycles. The number of hydrogen-bond donors (Lipinski definition) is 0. The molecule has 1 aliphatic rings. The monoisotopic (exact) mass is 300 g/mol. The van der Waals surface area contributed by atoms with Gasteiger partial charge in [0.1, 0.15) is 5.76 Å². The Labute approximate surface area is 127 Å². The van der Waals surface area contributed by atoms with Crippen LogP contribution in [-0.4, -0.2) is 21.8 Å². The molecule has 22 heavy (non-hydrogen) atoms. The molecule has 1 aliphatic carbocycles. The molecule has 1 amide bonds. The fraction of sp³-hybridized carbons (Fsp3) is 0.312. The number of nitrogens with zero attached hydrogens (tertiary/aromatic N) is 2. The maximum Gasteiger partial charge on any atom is 0.273 e. The molecule has 1 fully saturated rings. The van der Waals surface area contributed by atoms with E-state index >= 15 is 0 Å². The molecule has 1 heterocycles. The van der Waals surface area contributed by atoms with E-state index in [-0.39, 0.29) is 17.6 Å². The average Bonchev–Trinajstić information content (AvgIpc) is 3.20. The van der Waals surface area contributed by atoms with Gasteiger partial charge < -0.3 is 9.32 Å². The lowest BCUT2D eigenvalue weighted by molar-refractivity contribution is -0.385. The zero-order valence-electron chi connectivity index (χ0n) is 12.2. The van der Waals surface area contributed by atoms with E-state index in [1.165, 1.54) is 6.07 Å². The number of carbonyl (C=O) groups excluding carboxylic acids is 1. The number of carbonyl (C=O) groups is 1. The molecule has 3 rings (SSSR count). The molecule has 0 radical (unpaired) electrons. The minimum atomic E-state index is -0.458. The third-order valence-corrected chi connectivity index (χ3v) is 3.89. The van der Waals surface area contributed by atoms with Gasteiger partial charge in [0.2, 0.25) is 0 Å². The second-order valence-electron chi connectivity index (χ2n) is 5.45. The predicted molar refractivity (Wildman–Crippen MR) is 79.4 cm³/mol. The quantitative estimate of drug-likeness (QED) is 0.627. The lowest BCUT2D eigenvalue weighted by Gasteiger charge is -2.22. The van der Waals surface area contributed by atoms with Crippen LogP contribution in [0.5, 0.6) is 0 Å². The van der Waals surface area contributed by atoms with Crippen molar-refractivity contribution < 1.29 is 14.1 Å². The SMILES string of the molecule is Cc1c(C(=O)N(Cc2ccco2)C2CC2)cccc1[N+](=O)[O-]. The highest BCUT2D eigenvalue weighted by Crippen LogP contribution is 2.31. The van der Waals surface area contributed by atoms with Gasteiger partial charge in [0.25, 0.3) is 11.6 Å². The van der Waals surface area contributed by atoms with Gasteiger partial charge in [-0.1, -0.05) is 6.07 Å². The lowest BCUT2D eigenvalue weighted by Crippen LogP contribution is -2.33. The van der Waals surface area contributed by atoms with Crippen molar-refractivity contribution in [3.63, 3.8) is 0 Å². The van der Waals surface area contributed by atoms with Crippen LogP contribution in [0.3, 0.4) is 0 Å². The molecule has 0 spiro atoms. The normalized spacial score (nSPS) is 13.9. The molecule has 0 bridgehead atoms. The van der Waals surface area contributed by atoms with Gasteiger partial charge in [0.15, 0.2) is 0 Å². The fourth-order valence-corrected chi connectivity index (χ4v) is 2.53. The third-order valence-electron chi connectivity index (χ3n) is 3.89. The van der Waals surface area contributed by atoms with Crippen LogP contribution in [0, 0.1) is 17.0 Å². The van der Waals surface area contributed by atoms with E-state index in [9.17, 15) is 14.9 Å². The number of benzene rings is 1. The van der Waals surface area contributed by atoms with Crippen LogP contribution < -0.4 is 0 Å². The molecular weight excluding hydrogens is 284 g/mol. The largest absolute Gasteiger partial charge is 0.467 e. The lowest BCUT2D eigenvalue weighted by atomic mass is 10.1. The summed E-state index contributed by atoms with van der Waals surface area (Å²) in [5.41, 5.74) is 0.759. The average molecular weight is 300 g/mol. The Morgan fingerprint density at radius 2 is 2.14 bits per heavy atom. The molecule has 114 valence electrons. The number of nitro benzene ring substituents is 1. The number of amides is 1. The van der Waals surface area contributed by atoms with E-state index in [0.717, 1.165) is 12.8 Å². The van der Waals surface area contributed by atoms with Crippen LogP contribution in [0.15, 0.2) is 41.0 Å². The Kier molecular flexibility index (Phi) is 3.66.